The Kier molecular flexibility index (Phi) is 5.75. The van der Waals surface area contributed by atoms with Gasteiger partial charge in [-0.05, 0) is 49.4 Å². The van der Waals surface area contributed by atoms with Crippen LogP contribution in [0.4, 0.5) is 10.8 Å². The summed E-state index contributed by atoms with van der Waals surface area (Å²) >= 11 is 1.73. The first-order valence-electron chi connectivity index (χ1n) is 9.52. The highest BCUT2D eigenvalue weighted by Crippen LogP contribution is 2.25. The molecule has 0 spiro atoms. The van der Waals surface area contributed by atoms with Crippen molar-refractivity contribution in [1.29, 1.82) is 0 Å². The molecule has 1 saturated heterocycles. The molecular formula is C21H26N4OS. The van der Waals surface area contributed by atoms with Gasteiger partial charge in [-0.2, -0.15) is 0 Å². The zero-order valence-electron chi connectivity index (χ0n) is 15.7. The minimum Gasteiger partial charge on any atom is -0.497 e. The molecule has 1 fully saturated rings. The number of ether oxygens (including phenoxy) is 1. The Bertz CT molecular complexity index is 823. The smallest absolute Gasteiger partial charge is 0.183 e. The first-order valence-corrected chi connectivity index (χ1v) is 10.3. The van der Waals surface area contributed by atoms with E-state index < -0.39 is 0 Å². The van der Waals surface area contributed by atoms with E-state index in [2.05, 4.69) is 50.4 Å². The van der Waals surface area contributed by atoms with Gasteiger partial charge < -0.3 is 15.0 Å². The average molecular weight is 383 g/mol. The first kappa shape index (κ1) is 18.1. The maximum atomic E-state index is 5.24. The molecule has 142 valence electrons. The Morgan fingerprint density at radius 1 is 1.04 bits per heavy atom. The van der Waals surface area contributed by atoms with Crippen molar-refractivity contribution < 1.29 is 4.74 Å². The minimum absolute atomic E-state index is 0.915. The summed E-state index contributed by atoms with van der Waals surface area (Å²) in [4.78, 5) is 9.64. The molecule has 2 aromatic carbocycles. The molecule has 0 atom stereocenters. The van der Waals surface area contributed by atoms with Gasteiger partial charge in [-0.1, -0.05) is 23.5 Å². The maximum Gasteiger partial charge on any atom is 0.183 e. The van der Waals surface area contributed by atoms with Crippen LogP contribution in [0, 0.1) is 0 Å². The lowest BCUT2D eigenvalue weighted by molar-refractivity contribution is 0.257. The molecule has 1 aliphatic rings. The number of rotatable bonds is 7. The van der Waals surface area contributed by atoms with Gasteiger partial charge in [0, 0.05) is 38.4 Å². The number of nitrogens with zero attached hydrogens (tertiary/aromatic N) is 3. The standard InChI is InChI=1S/C21H26N4OS/c1-26-18-9-7-17(8-10-18)25-15-13-24(14-16-25)12-4-11-22-21-23-19-5-2-3-6-20(19)27-21/h2-3,5-10H,4,11-16H2,1H3,(H,22,23). The molecule has 0 amide bonds. The maximum absolute atomic E-state index is 5.24. The Balaban J connectivity index is 1.18. The molecular weight excluding hydrogens is 356 g/mol. The van der Waals surface area contributed by atoms with Gasteiger partial charge in [0.1, 0.15) is 5.75 Å². The largest absolute Gasteiger partial charge is 0.497 e. The molecule has 0 aliphatic carbocycles. The molecule has 1 N–H and O–H groups in total. The molecule has 1 aliphatic heterocycles. The van der Waals surface area contributed by atoms with E-state index in [4.69, 9.17) is 4.74 Å². The molecule has 0 unspecified atom stereocenters. The van der Waals surface area contributed by atoms with Gasteiger partial charge in [-0.25, -0.2) is 4.98 Å². The van der Waals surface area contributed by atoms with Crippen LogP contribution in [0.3, 0.4) is 0 Å². The van der Waals surface area contributed by atoms with Gasteiger partial charge in [0.15, 0.2) is 5.13 Å². The normalized spacial score (nSPS) is 15.2. The first-order chi connectivity index (χ1) is 13.3. The van der Waals surface area contributed by atoms with Crippen LogP contribution in [-0.2, 0) is 0 Å². The summed E-state index contributed by atoms with van der Waals surface area (Å²) in [5.41, 5.74) is 2.37. The Labute approximate surface area is 164 Å². The zero-order chi connectivity index (χ0) is 18.5. The molecule has 0 saturated carbocycles. The summed E-state index contributed by atoms with van der Waals surface area (Å²) in [6.07, 6.45) is 1.14. The van der Waals surface area contributed by atoms with E-state index in [0.717, 1.165) is 62.1 Å². The summed E-state index contributed by atoms with van der Waals surface area (Å²) < 4.78 is 6.49. The fourth-order valence-corrected chi connectivity index (χ4v) is 4.36. The van der Waals surface area contributed by atoms with E-state index in [-0.39, 0.29) is 0 Å². The van der Waals surface area contributed by atoms with Crippen LogP contribution in [0.15, 0.2) is 48.5 Å². The summed E-state index contributed by atoms with van der Waals surface area (Å²) in [5.74, 6) is 0.915. The lowest BCUT2D eigenvalue weighted by Gasteiger charge is -2.36. The molecule has 2 heterocycles. The lowest BCUT2D eigenvalue weighted by atomic mass is 10.2. The van der Waals surface area contributed by atoms with Gasteiger partial charge in [-0.3, -0.25) is 4.90 Å². The fourth-order valence-electron chi connectivity index (χ4n) is 3.47. The molecule has 1 aromatic heterocycles. The number of aromatic nitrogens is 1. The van der Waals surface area contributed by atoms with Crippen molar-refractivity contribution in [3.8, 4) is 5.75 Å². The summed E-state index contributed by atoms with van der Waals surface area (Å²) in [5, 5.41) is 4.51. The summed E-state index contributed by atoms with van der Waals surface area (Å²) in [6.45, 7) is 6.50. The van der Waals surface area contributed by atoms with Crippen molar-refractivity contribution >= 4 is 32.4 Å². The monoisotopic (exact) mass is 382 g/mol. The number of anilines is 2. The third kappa shape index (κ3) is 4.51. The van der Waals surface area contributed by atoms with E-state index in [1.54, 1.807) is 18.4 Å². The fraction of sp³-hybridized carbons (Fsp3) is 0.381. The average Bonchev–Trinajstić information content (AvgIpc) is 3.15. The van der Waals surface area contributed by atoms with Gasteiger partial charge in [0.05, 0.1) is 17.3 Å². The Morgan fingerprint density at radius 2 is 1.81 bits per heavy atom. The highest BCUT2D eigenvalue weighted by molar-refractivity contribution is 7.22. The molecule has 5 nitrogen and oxygen atoms in total. The third-order valence-corrected chi connectivity index (χ3v) is 6.03. The second kappa shape index (κ2) is 8.59. The van der Waals surface area contributed by atoms with Crippen LogP contribution in [-0.4, -0.2) is 56.3 Å². The number of thiazole rings is 1. The molecule has 4 rings (SSSR count). The Morgan fingerprint density at radius 3 is 2.56 bits per heavy atom. The molecule has 0 bridgehead atoms. The summed E-state index contributed by atoms with van der Waals surface area (Å²) in [7, 11) is 1.71. The molecule has 0 radical (unpaired) electrons. The van der Waals surface area contributed by atoms with Crippen LogP contribution in [0.1, 0.15) is 6.42 Å². The van der Waals surface area contributed by atoms with E-state index in [9.17, 15) is 0 Å². The van der Waals surface area contributed by atoms with Gasteiger partial charge in [-0.15, -0.1) is 0 Å². The second-order valence-corrected chi connectivity index (χ2v) is 7.82. The summed E-state index contributed by atoms with van der Waals surface area (Å²) in [6, 6.07) is 16.7. The van der Waals surface area contributed by atoms with Gasteiger partial charge >= 0.3 is 0 Å². The van der Waals surface area contributed by atoms with Crippen molar-refractivity contribution in [2.45, 2.75) is 6.42 Å². The van der Waals surface area contributed by atoms with Crippen LogP contribution in [0.25, 0.3) is 10.2 Å². The van der Waals surface area contributed by atoms with Crippen molar-refractivity contribution in [3.63, 3.8) is 0 Å². The van der Waals surface area contributed by atoms with E-state index >= 15 is 0 Å². The Hall–Kier alpha value is -2.31. The van der Waals surface area contributed by atoms with Crippen molar-refractivity contribution in [2.24, 2.45) is 0 Å². The van der Waals surface area contributed by atoms with Crippen LogP contribution in [0.5, 0.6) is 5.75 Å². The minimum atomic E-state index is 0.915. The number of hydrogen-bond donors (Lipinski definition) is 1. The topological polar surface area (TPSA) is 40.6 Å². The van der Waals surface area contributed by atoms with Crippen LogP contribution in [0.2, 0.25) is 0 Å². The predicted octanol–water partition coefficient (Wildman–Crippen LogP) is 3.93. The van der Waals surface area contributed by atoms with E-state index in [1.165, 1.54) is 10.4 Å². The highest BCUT2D eigenvalue weighted by atomic mass is 32.1. The highest BCUT2D eigenvalue weighted by Gasteiger charge is 2.16. The van der Waals surface area contributed by atoms with Crippen molar-refractivity contribution in [3.05, 3.63) is 48.5 Å². The predicted molar refractivity (Wildman–Crippen MR) is 114 cm³/mol. The number of methoxy groups -OCH3 is 1. The van der Waals surface area contributed by atoms with Crippen molar-refractivity contribution in [2.75, 3.05) is 56.6 Å². The van der Waals surface area contributed by atoms with Gasteiger partial charge in [0.25, 0.3) is 0 Å². The lowest BCUT2D eigenvalue weighted by Crippen LogP contribution is -2.46. The number of piperazine rings is 1. The molecule has 3 aromatic rings. The quantitative estimate of drug-likeness (QED) is 0.627. The number of hydrogen-bond acceptors (Lipinski definition) is 6. The third-order valence-electron chi connectivity index (χ3n) is 5.03. The molecule has 6 heteroatoms. The van der Waals surface area contributed by atoms with E-state index in [1.807, 2.05) is 18.2 Å². The number of nitrogens with one attached hydrogen (secondary N) is 1. The van der Waals surface area contributed by atoms with Gasteiger partial charge in [0.2, 0.25) is 0 Å². The molecule has 27 heavy (non-hydrogen) atoms. The van der Waals surface area contributed by atoms with Crippen LogP contribution < -0.4 is 15.0 Å². The van der Waals surface area contributed by atoms with Crippen molar-refractivity contribution in [1.82, 2.24) is 9.88 Å². The van der Waals surface area contributed by atoms with Crippen LogP contribution >= 0.6 is 11.3 Å². The second-order valence-electron chi connectivity index (χ2n) is 6.79. The zero-order valence-corrected chi connectivity index (χ0v) is 16.5. The number of para-hydroxylation sites is 1. The number of fused-ring (bicyclic) bond motifs is 1. The van der Waals surface area contributed by atoms with E-state index in [0.29, 0.717) is 0 Å². The number of benzene rings is 2. The SMILES string of the molecule is COc1ccc(N2CCN(CCCNc3nc4ccccc4s3)CC2)cc1.